The van der Waals surface area contributed by atoms with Crippen LogP contribution in [0.1, 0.15) is 11.1 Å². The van der Waals surface area contributed by atoms with E-state index in [0.717, 1.165) is 15.6 Å². The lowest BCUT2D eigenvalue weighted by molar-refractivity contribution is 0.536. The van der Waals surface area contributed by atoms with Crippen LogP contribution < -0.4 is 0 Å². The molecule has 2 rings (SSSR count). The fraction of sp³-hybridized carbons (Fsp3) is 0.250. The van der Waals surface area contributed by atoms with Crippen molar-refractivity contribution in [3.05, 3.63) is 68.1 Å². The molecule has 0 aromatic heterocycles. The molecule has 0 bridgehead atoms. The minimum absolute atomic E-state index is 0.343. The summed E-state index contributed by atoms with van der Waals surface area (Å²) >= 11 is 28.1. The fourth-order valence-electron chi connectivity index (χ4n) is 2.25. The lowest BCUT2D eigenvalue weighted by atomic mass is 9.79. The number of halogens is 5. The molecule has 0 atom stereocenters. The van der Waals surface area contributed by atoms with Crippen LogP contribution in [0.4, 0.5) is 0 Å². The van der Waals surface area contributed by atoms with E-state index in [1.807, 2.05) is 30.3 Å². The minimum Gasteiger partial charge on any atom is -0.126 e. The Morgan fingerprint density at radius 2 is 1.62 bits per heavy atom. The predicted octanol–water partition coefficient (Wildman–Crippen LogP) is 6.71. The topological polar surface area (TPSA) is 0 Å². The van der Waals surface area contributed by atoms with Crippen LogP contribution in [-0.2, 0) is 11.8 Å². The second-order valence-electron chi connectivity index (χ2n) is 4.98. The molecular formula is C16H13BrCl4. The van der Waals surface area contributed by atoms with Gasteiger partial charge < -0.3 is 0 Å². The van der Waals surface area contributed by atoms with Crippen molar-refractivity contribution in [2.45, 2.75) is 11.8 Å². The molecule has 0 amide bonds. The first-order valence-corrected chi connectivity index (χ1v) is 8.94. The summed E-state index contributed by atoms with van der Waals surface area (Å²) in [6.45, 7) is 0. The van der Waals surface area contributed by atoms with Crippen LogP contribution in [0.25, 0.3) is 0 Å². The van der Waals surface area contributed by atoms with Crippen molar-refractivity contribution in [2.75, 3.05) is 11.8 Å². The molecule has 5 heteroatoms. The second-order valence-corrected chi connectivity index (χ2v) is 7.25. The Morgan fingerprint density at radius 1 is 0.905 bits per heavy atom. The summed E-state index contributed by atoms with van der Waals surface area (Å²) in [5.41, 5.74) is 1.82. The molecule has 0 aliphatic heterocycles. The van der Waals surface area contributed by atoms with Gasteiger partial charge in [-0.3, -0.25) is 0 Å². The molecule has 0 saturated heterocycles. The maximum atomic E-state index is 6.27. The zero-order valence-electron chi connectivity index (χ0n) is 11.1. The van der Waals surface area contributed by atoms with Gasteiger partial charge in [-0.2, -0.15) is 0 Å². The maximum absolute atomic E-state index is 6.27. The number of hydrogen-bond acceptors (Lipinski definition) is 0. The van der Waals surface area contributed by atoms with Gasteiger partial charge in [0, 0.05) is 21.6 Å². The molecule has 0 N–H and O–H groups in total. The third-order valence-corrected chi connectivity index (χ3v) is 5.73. The van der Waals surface area contributed by atoms with Crippen LogP contribution in [0.5, 0.6) is 0 Å². The maximum Gasteiger partial charge on any atom is 0.0595 e. The highest BCUT2D eigenvalue weighted by molar-refractivity contribution is 9.10. The zero-order valence-corrected chi connectivity index (χ0v) is 15.7. The van der Waals surface area contributed by atoms with E-state index in [9.17, 15) is 0 Å². The molecule has 0 fully saturated rings. The monoisotopic (exact) mass is 424 g/mol. The van der Waals surface area contributed by atoms with Gasteiger partial charge in [0.25, 0.3) is 0 Å². The van der Waals surface area contributed by atoms with Crippen molar-refractivity contribution in [2.24, 2.45) is 0 Å². The van der Waals surface area contributed by atoms with Crippen molar-refractivity contribution in [1.29, 1.82) is 0 Å². The lowest BCUT2D eigenvalue weighted by Crippen LogP contribution is -2.33. The smallest absolute Gasteiger partial charge is 0.0595 e. The summed E-state index contributed by atoms with van der Waals surface area (Å²) in [6.07, 6.45) is 0.702. The molecular weight excluding hydrogens is 414 g/mol. The average molecular weight is 427 g/mol. The van der Waals surface area contributed by atoms with E-state index in [2.05, 4.69) is 22.0 Å². The van der Waals surface area contributed by atoms with Crippen molar-refractivity contribution in [3.63, 3.8) is 0 Å². The predicted molar refractivity (Wildman–Crippen MR) is 97.4 cm³/mol. The van der Waals surface area contributed by atoms with Gasteiger partial charge >= 0.3 is 0 Å². The minimum atomic E-state index is -0.343. The van der Waals surface area contributed by atoms with E-state index in [0.29, 0.717) is 28.2 Å². The Hall–Kier alpha value is 0.0800. The van der Waals surface area contributed by atoms with Crippen LogP contribution in [-0.4, -0.2) is 11.8 Å². The lowest BCUT2D eigenvalue weighted by Gasteiger charge is -2.30. The van der Waals surface area contributed by atoms with Crippen molar-refractivity contribution in [3.8, 4) is 0 Å². The van der Waals surface area contributed by atoms with Gasteiger partial charge in [0.15, 0.2) is 0 Å². The van der Waals surface area contributed by atoms with Gasteiger partial charge in [-0.15, -0.1) is 23.2 Å². The number of rotatable bonds is 5. The van der Waals surface area contributed by atoms with Crippen LogP contribution in [0.15, 0.2) is 46.9 Å². The zero-order chi connectivity index (χ0) is 15.5. The number of hydrogen-bond donors (Lipinski definition) is 0. The fourth-order valence-corrected chi connectivity index (χ4v) is 3.75. The third-order valence-electron chi connectivity index (χ3n) is 3.48. The summed E-state index contributed by atoms with van der Waals surface area (Å²) in [7, 11) is 0. The summed E-state index contributed by atoms with van der Waals surface area (Å²) < 4.78 is 1.01. The van der Waals surface area contributed by atoms with Crippen LogP contribution in [0.3, 0.4) is 0 Å². The third kappa shape index (κ3) is 4.09. The molecule has 0 aliphatic carbocycles. The Bertz CT molecular complexity index is 623. The highest BCUT2D eigenvalue weighted by Gasteiger charge is 2.31. The second kappa shape index (κ2) is 7.57. The van der Waals surface area contributed by atoms with Gasteiger partial charge in [-0.05, 0) is 41.8 Å². The SMILES string of the molecule is ClCC(CCl)(Cc1ccc(Cl)c(Cl)c1)c1cccc(Br)c1. The van der Waals surface area contributed by atoms with E-state index in [4.69, 9.17) is 46.4 Å². The highest BCUT2D eigenvalue weighted by Crippen LogP contribution is 2.34. The molecule has 2 aromatic rings. The van der Waals surface area contributed by atoms with Crippen LogP contribution >= 0.6 is 62.3 Å². The molecule has 0 aliphatic rings. The Kier molecular flexibility index (Phi) is 6.28. The van der Waals surface area contributed by atoms with Gasteiger partial charge in [-0.25, -0.2) is 0 Å². The first-order valence-electron chi connectivity index (χ1n) is 6.33. The van der Waals surface area contributed by atoms with Gasteiger partial charge in [-0.1, -0.05) is 57.3 Å². The molecule has 0 heterocycles. The molecule has 112 valence electrons. The molecule has 0 saturated carbocycles. The first kappa shape index (κ1) is 17.4. The largest absolute Gasteiger partial charge is 0.126 e. The van der Waals surface area contributed by atoms with E-state index in [-0.39, 0.29) is 5.41 Å². The highest BCUT2D eigenvalue weighted by atomic mass is 79.9. The Labute approximate surface area is 153 Å². The molecule has 21 heavy (non-hydrogen) atoms. The van der Waals surface area contributed by atoms with E-state index in [1.165, 1.54) is 0 Å². The Morgan fingerprint density at radius 3 is 2.19 bits per heavy atom. The molecule has 0 unspecified atom stereocenters. The van der Waals surface area contributed by atoms with Gasteiger partial charge in [0.1, 0.15) is 0 Å². The van der Waals surface area contributed by atoms with Crippen molar-refractivity contribution >= 4 is 62.3 Å². The molecule has 0 radical (unpaired) electrons. The average Bonchev–Trinajstić information content (AvgIpc) is 2.48. The standard InChI is InChI=1S/C16H13BrCl4/c17-13-3-1-2-12(7-13)16(9-18,10-19)8-11-4-5-14(20)15(21)6-11/h1-7H,8-10H2. The summed E-state index contributed by atoms with van der Waals surface area (Å²) in [5.74, 6) is 0.848. The number of alkyl halides is 2. The molecule has 0 spiro atoms. The first-order chi connectivity index (χ1) is 10.0. The molecule has 2 aromatic carbocycles. The summed E-state index contributed by atoms with van der Waals surface area (Å²) in [4.78, 5) is 0. The summed E-state index contributed by atoms with van der Waals surface area (Å²) in [5, 5.41) is 1.09. The van der Waals surface area contributed by atoms with E-state index < -0.39 is 0 Å². The summed E-state index contributed by atoms with van der Waals surface area (Å²) in [6, 6.07) is 13.7. The Balaban J connectivity index is 2.40. The normalized spacial score (nSPS) is 11.7. The number of benzene rings is 2. The van der Waals surface area contributed by atoms with Crippen LogP contribution in [0.2, 0.25) is 10.0 Å². The van der Waals surface area contributed by atoms with E-state index >= 15 is 0 Å². The van der Waals surface area contributed by atoms with Gasteiger partial charge in [0.05, 0.1) is 10.0 Å². The van der Waals surface area contributed by atoms with Crippen molar-refractivity contribution < 1.29 is 0 Å². The van der Waals surface area contributed by atoms with Gasteiger partial charge in [0.2, 0.25) is 0 Å². The van der Waals surface area contributed by atoms with E-state index in [1.54, 1.807) is 6.07 Å². The van der Waals surface area contributed by atoms with Crippen LogP contribution in [0, 0.1) is 0 Å². The van der Waals surface area contributed by atoms with Crippen molar-refractivity contribution in [1.82, 2.24) is 0 Å². The molecule has 0 nitrogen and oxygen atoms in total. The quantitative estimate of drug-likeness (QED) is 0.466.